The number of nitrogens with zero attached hydrogens (tertiary/aromatic N) is 1. The minimum Gasteiger partial charge on any atom is -0.440 e. The van der Waals surface area contributed by atoms with Crippen molar-refractivity contribution in [3.8, 4) is 0 Å². The van der Waals surface area contributed by atoms with Crippen LogP contribution in [-0.2, 0) is 5.33 Å². The molecular weight excluding hydrogens is 326 g/mol. The number of Topliss-reactive ketones (excluding diaryl/α,β-unsaturated/α-hetero) is 1. The van der Waals surface area contributed by atoms with E-state index in [1.54, 1.807) is 18.2 Å². The van der Waals surface area contributed by atoms with Crippen LogP contribution in [-0.4, -0.2) is 16.1 Å². The zero-order chi connectivity index (χ0) is 10.8. The van der Waals surface area contributed by atoms with Crippen LogP contribution in [0.25, 0.3) is 11.1 Å². The Morgan fingerprint density at radius 1 is 1.40 bits per heavy atom. The molecule has 0 unspecified atom stereocenters. The number of oxazole rings is 1. The Morgan fingerprint density at radius 3 is 2.87 bits per heavy atom. The van der Waals surface area contributed by atoms with E-state index >= 15 is 0 Å². The van der Waals surface area contributed by atoms with Crippen molar-refractivity contribution in [1.29, 1.82) is 0 Å². The largest absolute Gasteiger partial charge is 0.440 e. The Bertz CT molecular complexity index is 507. The van der Waals surface area contributed by atoms with Crippen LogP contribution in [0.1, 0.15) is 16.2 Å². The summed E-state index contributed by atoms with van der Waals surface area (Å²) in [4.78, 5) is 15.8. The average molecular weight is 333 g/mol. The molecule has 0 saturated heterocycles. The molecule has 2 rings (SSSR count). The predicted octanol–water partition coefficient (Wildman–Crippen LogP) is 3.30. The number of para-hydroxylation sites is 1. The van der Waals surface area contributed by atoms with Crippen LogP contribution in [0.5, 0.6) is 0 Å². The summed E-state index contributed by atoms with van der Waals surface area (Å²) in [5, 5.41) is 0.840. The Labute approximate surface area is 103 Å². The summed E-state index contributed by atoms with van der Waals surface area (Å²) < 4.78 is 5.43. The fourth-order valence-corrected chi connectivity index (χ4v) is 1.89. The van der Waals surface area contributed by atoms with Gasteiger partial charge in [0.2, 0.25) is 5.89 Å². The van der Waals surface area contributed by atoms with E-state index < -0.39 is 0 Å². The minimum absolute atomic E-state index is 0.00928. The van der Waals surface area contributed by atoms with Crippen molar-refractivity contribution in [1.82, 2.24) is 4.98 Å². The molecule has 1 aromatic heterocycles. The first-order valence-electron chi connectivity index (χ1n) is 4.30. The Hall–Kier alpha value is -0.680. The second kappa shape index (κ2) is 4.45. The predicted molar refractivity (Wildman–Crippen MR) is 64.8 cm³/mol. The molecule has 3 nitrogen and oxygen atoms in total. The van der Waals surface area contributed by atoms with Gasteiger partial charge in [-0.05, 0) is 12.1 Å². The molecule has 2 aromatic rings. The molecule has 0 radical (unpaired) electrons. The van der Waals surface area contributed by atoms with Gasteiger partial charge in [-0.1, -0.05) is 37.9 Å². The lowest BCUT2D eigenvalue weighted by Crippen LogP contribution is -2.00. The summed E-state index contributed by atoms with van der Waals surface area (Å²) in [5.74, 6) is 0.592. The van der Waals surface area contributed by atoms with Crippen LogP contribution < -0.4 is 0 Å². The van der Waals surface area contributed by atoms with Crippen LogP contribution in [0.3, 0.4) is 0 Å². The molecule has 0 fully saturated rings. The maximum Gasteiger partial charge on any atom is 0.206 e. The molecule has 1 heterocycles. The zero-order valence-corrected chi connectivity index (χ0v) is 10.8. The summed E-state index contributed by atoms with van der Waals surface area (Å²) >= 11 is 6.41. The molecular formula is C10H7Br2NO2. The highest BCUT2D eigenvalue weighted by Gasteiger charge is 2.13. The number of hydrogen-bond acceptors (Lipinski definition) is 3. The minimum atomic E-state index is 0.00928. The number of carbonyl (C=O) groups is 1. The van der Waals surface area contributed by atoms with Crippen LogP contribution in [0.4, 0.5) is 0 Å². The molecule has 0 spiro atoms. The van der Waals surface area contributed by atoms with Crippen molar-refractivity contribution in [2.45, 2.75) is 5.33 Å². The zero-order valence-electron chi connectivity index (χ0n) is 7.67. The molecule has 0 atom stereocenters. The van der Waals surface area contributed by atoms with Crippen LogP contribution in [0.15, 0.2) is 22.6 Å². The molecule has 78 valence electrons. The third-order valence-corrected chi connectivity index (χ3v) is 2.99. The highest BCUT2D eigenvalue weighted by Crippen LogP contribution is 2.21. The van der Waals surface area contributed by atoms with Crippen LogP contribution in [0, 0.1) is 0 Å². The maximum absolute atomic E-state index is 11.6. The van der Waals surface area contributed by atoms with E-state index in [0.29, 0.717) is 33.2 Å². The Kier molecular flexibility index (Phi) is 3.21. The van der Waals surface area contributed by atoms with Gasteiger partial charge in [-0.2, -0.15) is 0 Å². The van der Waals surface area contributed by atoms with Gasteiger partial charge in [-0.15, -0.1) is 0 Å². The molecule has 0 aliphatic rings. The first kappa shape index (κ1) is 10.8. The molecule has 0 aliphatic carbocycles. The first-order chi connectivity index (χ1) is 7.26. The number of aromatic nitrogens is 1. The fraction of sp³-hybridized carbons (Fsp3) is 0.200. The van der Waals surface area contributed by atoms with E-state index in [0.717, 1.165) is 0 Å². The van der Waals surface area contributed by atoms with E-state index in [1.165, 1.54) is 0 Å². The topological polar surface area (TPSA) is 43.1 Å². The summed E-state index contributed by atoms with van der Waals surface area (Å²) in [6, 6.07) is 5.35. The van der Waals surface area contributed by atoms with Gasteiger partial charge in [0.05, 0.1) is 10.7 Å². The standard InChI is InChI=1S/C10H7Br2NO2/c11-4-7(14)6-2-1-3-8-10(6)13-9(5-12)15-8/h1-3H,4-5H2. The van der Waals surface area contributed by atoms with Crippen molar-refractivity contribution in [2.24, 2.45) is 0 Å². The van der Waals surface area contributed by atoms with Gasteiger partial charge in [-0.25, -0.2) is 4.98 Å². The summed E-state index contributed by atoms with van der Waals surface area (Å²) in [6.07, 6.45) is 0. The van der Waals surface area contributed by atoms with Gasteiger partial charge < -0.3 is 4.42 Å². The summed E-state index contributed by atoms with van der Waals surface area (Å²) in [7, 11) is 0. The summed E-state index contributed by atoms with van der Waals surface area (Å²) in [5.41, 5.74) is 1.88. The number of ketones is 1. The lowest BCUT2D eigenvalue weighted by atomic mass is 10.1. The van der Waals surface area contributed by atoms with Gasteiger partial charge >= 0.3 is 0 Å². The summed E-state index contributed by atoms with van der Waals surface area (Å²) in [6.45, 7) is 0. The van der Waals surface area contributed by atoms with E-state index in [-0.39, 0.29) is 5.78 Å². The second-order valence-corrected chi connectivity index (χ2v) is 4.07. The van der Waals surface area contributed by atoms with Crippen molar-refractivity contribution in [2.75, 3.05) is 5.33 Å². The number of halogens is 2. The number of fused-ring (bicyclic) bond motifs is 1. The van der Waals surface area contributed by atoms with E-state index in [4.69, 9.17) is 4.42 Å². The molecule has 0 N–H and O–H groups in total. The van der Waals surface area contributed by atoms with E-state index in [2.05, 4.69) is 36.8 Å². The first-order valence-corrected chi connectivity index (χ1v) is 6.54. The molecule has 0 amide bonds. The van der Waals surface area contributed by atoms with Crippen molar-refractivity contribution < 1.29 is 9.21 Å². The smallest absolute Gasteiger partial charge is 0.206 e. The number of benzene rings is 1. The third-order valence-electron chi connectivity index (χ3n) is 2.00. The average Bonchev–Trinajstić information content (AvgIpc) is 2.70. The fourth-order valence-electron chi connectivity index (χ4n) is 1.35. The van der Waals surface area contributed by atoms with E-state index in [9.17, 15) is 4.79 Å². The molecule has 5 heteroatoms. The van der Waals surface area contributed by atoms with Gasteiger partial charge in [-0.3, -0.25) is 4.79 Å². The number of carbonyl (C=O) groups excluding carboxylic acids is 1. The van der Waals surface area contributed by atoms with Gasteiger partial charge in [0, 0.05) is 5.56 Å². The molecule has 15 heavy (non-hydrogen) atoms. The maximum atomic E-state index is 11.6. The highest BCUT2D eigenvalue weighted by atomic mass is 79.9. The SMILES string of the molecule is O=C(CBr)c1cccc2oc(CBr)nc12. The normalized spacial score (nSPS) is 10.8. The number of rotatable bonds is 3. The lowest BCUT2D eigenvalue weighted by molar-refractivity contribution is 0.102. The molecule has 0 aliphatic heterocycles. The van der Waals surface area contributed by atoms with Gasteiger partial charge in [0.1, 0.15) is 5.52 Å². The van der Waals surface area contributed by atoms with Crippen molar-refractivity contribution >= 4 is 48.7 Å². The number of hydrogen-bond donors (Lipinski definition) is 0. The van der Waals surface area contributed by atoms with Crippen LogP contribution >= 0.6 is 31.9 Å². The lowest BCUT2D eigenvalue weighted by Gasteiger charge is -1.95. The molecule has 1 aromatic carbocycles. The highest BCUT2D eigenvalue weighted by molar-refractivity contribution is 9.09. The Balaban J connectivity index is 2.64. The second-order valence-electron chi connectivity index (χ2n) is 2.95. The Morgan fingerprint density at radius 2 is 2.20 bits per heavy atom. The van der Waals surface area contributed by atoms with Gasteiger partial charge in [0.15, 0.2) is 11.4 Å². The van der Waals surface area contributed by atoms with Gasteiger partial charge in [0.25, 0.3) is 0 Å². The molecule has 0 saturated carbocycles. The quantitative estimate of drug-likeness (QED) is 0.639. The van der Waals surface area contributed by atoms with Crippen molar-refractivity contribution in [3.63, 3.8) is 0 Å². The molecule has 0 bridgehead atoms. The van der Waals surface area contributed by atoms with Crippen molar-refractivity contribution in [3.05, 3.63) is 29.7 Å². The third kappa shape index (κ3) is 1.99. The monoisotopic (exact) mass is 331 g/mol. The number of alkyl halides is 2. The van der Waals surface area contributed by atoms with Crippen LogP contribution in [0.2, 0.25) is 0 Å². The van der Waals surface area contributed by atoms with E-state index in [1.807, 2.05) is 0 Å².